The number of nitrogens with one attached hydrogen (secondary N) is 1. The molecule has 1 N–H and O–H groups in total. The van der Waals surface area contributed by atoms with E-state index >= 15 is 0 Å². The molecular weight excluding hydrogens is 382 g/mol. The van der Waals surface area contributed by atoms with Gasteiger partial charge in [0.1, 0.15) is 17.8 Å². The maximum Gasteiger partial charge on any atom is 0.349 e. The molecule has 2 aromatic heterocycles. The first-order valence-corrected chi connectivity index (χ1v) is 9.45. The Morgan fingerprint density at radius 3 is 2.60 bits per heavy atom. The van der Waals surface area contributed by atoms with E-state index in [0.29, 0.717) is 16.8 Å². The summed E-state index contributed by atoms with van der Waals surface area (Å²) in [6, 6.07) is 20.1. The maximum atomic E-state index is 12.3. The van der Waals surface area contributed by atoms with Crippen LogP contribution in [0.3, 0.4) is 0 Å². The van der Waals surface area contributed by atoms with E-state index in [2.05, 4.69) is 15.5 Å². The van der Waals surface area contributed by atoms with Crippen molar-refractivity contribution in [2.24, 2.45) is 0 Å². The van der Waals surface area contributed by atoms with Gasteiger partial charge in [-0.2, -0.15) is 0 Å². The predicted molar refractivity (Wildman–Crippen MR) is 113 cm³/mol. The van der Waals surface area contributed by atoms with Crippen LogP contribution < -0.4 is 15.7 Å². The Kier molecular flexibility index (Phi) is 5.52. The molecule has 0 aliphatic carbocycles. The van der Waals surface area contributed by atoms with Crippen LogP contribution in [0.5, 0.6) is 5.88 Å². The third-order valence-electron chi connectivity index (χ3n) is 4.51. The van der Waals surface area contributed by atoms with Crippen LogP contribution in [0.25, 0.3) is 22.2 Å². The second-order valence-electron chi connectivity index (χ2n) is 6.71. The molecule has 0 saturated heterocycles. The summed E-state index contributed by atoms with van der Waals surface area (Å²) in [5, 5.41) is 11.5. The van der Waals surface area contributed by atoms with E-state index in [4.69, 9.17) is 9.15 Å². The Balaban J connectivity index is 1.31. The van der Waals surface area contributed by atoms with Gasteiger partial charge in [0.25, 0.3) is 5.91 Å². The molecule has 1 amide bonds. The molecule has 7 nitrogen and oxygen atoms in total. The molecule has 4 rings (SSSR count). The fraction of sp³-hybridized carbons (Fsp3) is 0.130. The Morgan fingerprint density at radius 1 is 1.03 bits per heavy atom. The van der Waals surface area contributed by atoms with Crippen molar-refractivity contribution in [3.05, 3.63) is 88.3 Å². The van der Waals surface area contributed by atoms with E-state index in [1.807, 2.05) is 43.3 Å². The van der Waals surface area contributed by atoms with Gasteiger partial charge >= 0.3 is 5.63 Å². The lowest BCUT2D eigenvalue weighted by atomic mass is 10.1. The number of carbonyl (C=O) groups excluding carboxylic acids is 1. The number of aromatic nitrogens is 2. The third kappa shape index (κ3) is 4.35. The van der Waals surface area contributed by atoms with Gasteiger partial charge in [-0.25, -0.2) is 4.79 Å². The summed E-state index contributed by atoms with van der Waals surface area (Å²) >= 11 is 0. The van der Waals surface area contributed by atoms with Gasteiger partial charge in [0.2, 0.25) is 5.88 Å². The minimum absolute atomic E-state index is 0.0454. The third-order valence-corrected chi connectivity index (χ3v) is 4.51. The van der Waals surface area contributed by atoms with E-state index in [-0.39, 0.29) is 18.7 Å². The molecular formula is C23H19N3O4. The van der Waals surface area contributed by atoms with Gasteiger partial charge in [-0.1, -0.05) is 48.0 Å². The summed E-state index contributed by atoms with van der Waals surface area (Å²) in [7, 11) is 0. The lowest BCUT2D eigenvalue weighted by molar-refractivity contribution is 0.0943. The molecule has 0 bridgehead atoms. The number of amides is 1. The molecule has 4 aromatic rings. The highest BCUT2D eigenvalue weighted by Gasteiger charge is 2.13. The minimum atomic E-state index is -0.676. The van der Waals surface area contributed by atoms with Crippen LogP contribution in [0.1, 0.15) is 15.9 Å². The lowest BCUT2D eigenvalue weighted by Gasteiger charge is -2.07. The van der Waals surface area contributed by atoms with Crippen molar-refractivity contribution >= 4 is 16.9 Å². The highest BCUT2D eigenvalue weighted by atomic mass is 16.5. The van der Waals surface area contributed by atoms with Crippen LogP contribution in [0.4, 0.5) is 0 Å². The number of nitrogens with zero attached hydrogens (tertiary/aromatic N) is 2. The summed E-state index contributed by atoms with van der Waals surface area (Å²) in [5.74, 6) is -0.163. The topological polar surface area (TPSA) is 94.3 Å². The predicted octanol–water partition coefficient (Wildman–Crippen LogP) is 3.37. The van der Waals surface area contributed by atoms with Crippen LogP contribution in [0.15, 0.2) is 75.9 Å². The molecule has 0 spiro atoms. The molecule has 0 saturated carbocycles. The van der Waals surface area contributed by atoms with Gasteiger partial charge < -0.3 is 14.5 Å². The van der Waals surface area contributed by atoms with Gasteiger partial charge in [0.15, 0.2) is 0 Å². The molecule has 0 unspecified atom stereocenters. The molecule has 2 aromatic carbocycles. The number of fused-ring (bicyclic) bond motifs is 1. The maximum absolute atomic E-state index is 12.3. The van der Waals surface area contributed by atoms with E-state index in [1.54, 1.807) is 24.3 Å². The number of ether oxygens (including phenoxy) is 1. The van der Waals surface area contributed by atoms with Crippen LogP contribution in [-0.2, 0) is 0 Å². The van der Waals surface area contributed by atoms with Gasteiger partial charge in [-0.15, -0.1) is 10.2 Å². The summed E-state index contributed by atoms with van der Waals surface area (Å²) in [4.78, 5) is 24.3. The molecule has 0 fully saturated rings. The molecule has 0 atom stereocenters. The number of rotatable bonds is 6. The van der Waals surface area contributed by atoms with Crippen molar-refractivity contribution in [3.63, 3.8) is 0 Å². The fourth-order valence-electron chi connectivity index (χ4n) is 2.91. The lowest BCUT2D eigenvalue weighted by Crippen LogP contribution is -2.31. The summed E-state index contributed by atoms with van der Waals surface area (Å²) in [6.45, 7) is 2.41. The number of benzene rings is 2. The van der Waals surface area contributed by atoms with Gasteiger partial charge in [0.05, 0.1) is 12.2 Å². The first-order valence-electron chi connectivity index (χ1n) is 9.45. The molecule has 2 heterocycles. The Bertz CT molecular complexity index is 1230. The zero-order valence-corrected chi connectivity index (χ0v) is 16.3. The first-order chi connectivity index (χ1) is 14.6. The van der Waals surface area contributed by atoms with E-state index in [9.17, 15) is 9.59 Å². The second kappa shape index (κ2) is 8.57. The zero-order valence-electron chi connectivity index (χ0n) is 16.3. The van der Waals surface area contributed by atoms with Crippen LogP contribution >= 0.6 is 0 Å². The SMILES string of the molecule is Cc1ccc(-c2ccc(OCCNC(=O)c3cc4ccccc4oc3=O)nn2)cc1. The van der Waals surface area contributed by atoms with Crippen molar-refractivity contribution in [3.8, 4) is 17.1 Å². The van der Waals surface area contributed by atoms with E-state index in [0.717, 1.165) is 11.3 Å². The number of para-hydroxylation sites is 1. The number of hydrogen-bond donors (Lipinski definition) is 1. The fourth-order valence-corrected chi connectivity index (χ4v) is 2.91. The van der Waals surface area contributed by atoms with E-state index in [1.165, 1.54) is 11.6 Å². The minimum Gasteiger partial charge on any atom is -0.475 e. The number of aryl methyl sites for hydroxylation is 1. The second-order valence-corrected chi connectivity index (χ2v) is 6.71. The number of carbonyl (C=O) groups is 1. The Labute approximate surface area is 172 Å². The summed E-state index contributed by atoms with van der Waals surface area (Å²) in [6.07, 6.45) is 0. The Morgan fingerprint density at radius 2 is 1.83 bits per heavy atom. The molecule has 0 aliphatic heterocycles. The Hall–Kier alpha value is -4.00. The van der Waals surface area contributed by atoms with Gasteiger partial charge in [-0.3, -0.25) is 4.79 Å². The molecule has 7 heteroatoms. The van der Waals surface area contributed by atoms with Crippen molar-refractivity contribution in [2.75, 3.05) is 13.2 Å². The highest BCUT2D eigenvalue weighted by Crippen LogP contribution is 2.18. The molecule has 0 radical (unpaired) electrons. The van der Waals surface area contributed by atoms with Crippen molar-refractivity contribution in [1.82, 2.24) is 15.5 Å². The van der Waals surface area contributed by atoms with Gasteiger partial charge in [0, 0.05) is 17.0 Å². The monoisotopic (exact) mass is 401 g/mol. The van der Waals surface area contributed by atoms with Crippen molar-refractivity contribution < 1.29 is 13.9 Å². The van der Waals surface area contributed by atoms with Crippen molar-refractivity contribution in [2.45, 2.75) is 6.92 Å². The average molecular weight is 401 g/mol. The normalized spacial score (nSPS) is 10.7. The largest absolute Gasteiger partial charge is 0.475 e. The average Bonchev–Trinajstić information content (AvgIpc) is 2.77. The standard InChI is InChI=1S/C23H19N3O4/c1-15-6-8-16(9-7-15)19-10-11-21(26-25-19)29-13-12-24-22(27)18-14-17-4-2-3-5-20(17)30-23(18)28/h2-11,14H,12-13H2,1H3,(H,24,27). The number of hydrogen-bond acceptors (Lipinski definition) is 6. The summed E-state index contributed by atoms with van der Waals surface area (Å²) < 4.78 is 10.7. The van der Waals surface area contributed by atoms with E-state index < -0.39 is 11.5 Å². The molecule has 0 aliphatic rings. The zero-order chi connectivity index (χ0) is 20.9. The molecule has 30 heavy (non-hydrogen) atoms. The van der Waals surface area contributed by atoms with Crippen LogP contribution in [-0.4, -0.2) is 29.3 Å². The highest BCUT2D eigenvalue weighted by molar-refractivity contribution is 5.96. The quantitative estimate of drug-likeness (QED) is 0.393. The van der Waals surface area contributed by atoms with Crippen molar-refractivity contribution in [1.29, 1.82) is 0 Å². The first kappa shape index (κ1) is 19.3. The van der Waals surface area contributed by atoms with Crippen LogP contribution in [0, 0.1) is 6.92 Å². The molecule has 150 valence electrons. The summed E-state index contributed by atoms with van der Waals surface area (Å²) in [5.41, 5.74) is 2.62. The van der Waals surface area contributed by atoms with Gasteiger partial charge in [-0.05, 0) is 25.1 Å². The smallest absolute Gasteiger partial charge is 0.349 e. The van der Waals surface area contributed by atoms with Crippen LogP contribution in [0.2, 0.25) is 0 Å².